The van der Waals surface area contributed by atoms with E-state index in [0.29, 0.717) is 0 Å². The Morgan fingerprint density at radius 1 is 1.28 bits per heavy atom. The summed E-state index contributed by atoms with van der Waals surface area (Å²) in [6.45, 7) is 8.15. The molecule has 0 atom stereocenters. The van der Waals surface area contributed by atoms with E-state index in [4.69, 9.17) is 4.98 Å². The zero-order chi connectivity index (χ0) is 17.8. The second-order valence-corrected chi connectivity index (χ2v) is 7.68. The maximum atomic E-state index is 4.73. The van der Waals surface area contributed by atoms with Crippen LogP contribution in [0.1, 0.15) is 42.2 Å². The quantitative estimate of drug-likeness (QED) is 0.485. The normalized spacial score (nSPS) is 11.8. The third kappa shape index (κ3) is 4.29. The summed E-state index contributed by atoms with van der Waals surface area (Å²) in [6.07, 6.45) is 3.94. The number of nitrogens with one attached hydrogen (secondary N) is 1. The number of hydrogen-bond acceptors (Lipinski definition) is 7. The Labute approximate surface area is 155 Å². The number of nitrogens with zero attached hydrogens (tertiary/aromatic N) is 4. The molecule has 3 aromatic heterocycles. The second kappa shape index (κ2) is 7.84. The van der Waals surface area contributed by atoms with Crippen LogP contribution in [0.3, 0.4) is 0 Å². The number of rotatable bonds is 6. The monoisotopic (exact) mass is 371 g/mol. The summed E-state index contributed by atoms with van der Waals surface area (Å²) < 4.78 is 0. The van der Waals surface area contributed by atoms with Gasteiger partial charge in [-0.2, -0.15) is 5.10 Å². The Morgan fingerprint density at radius 3 is 2.84 bits per heavy atom. The zero-order valence-corrected chi connectivity index (χ0v) is 16.5. The van der Waals surface area contributed by atoms with Gasteiger partial charge in [-0.25, -0.2) is 9.97 Å². The van der Waals surface area contributed by atoms with Crippen molar-refractivity contribution in [3.63, 3.8) is 0 Å². The van der Waals surface area contributed by atoms with Crippen LogP contribution in [-0.2, 0) is 6.42 Å². The van der Waals surface area contributed by atoms with Gasteiger partial charge >= 0.3 is 0 Å². The van der Waals surface area contributed by atoms with Crippen LogP contribution >= 0.6 is 22.7 Å². The van der Waals surface area contributed by atoms with Crippen LogP contribution in [0.4, 0.5) is 5.13 Å². The molecule has 25 heavy (non-hydrogen) atoms. The molecule has 3 aromatic rings. The molecule has 0 aliphatic heterocycles. The predicted octanol–water partition coefficient (Wildman–Crippen LogP) is 5.07. The fourth-order valence-corrected chi connectivity index (χ4v) is 4.08. The molecule has 0 spiro atoms. The highest BCUT2D eigenvalue weighted by atomic mass is 32.1. The maximum absolute atomic E-state index is 4.73. The molecule has 0 bridgehead atoms. The third-order valence-electron chi connectivity index (χ3n) is 3.63. The molecular weight excluding hydrogens is 350 g/mol. The van der Waals surface area contributed by atoms with Gasteiger partial charge in [0.15, 0.2) is 0 Å². The van der Waals surface area contributed by atoms with E-state index in [0.717, 1.165) is 56.2 Å². The fraction of sp³-hybridized carbons (Fsp3) is 0.333. The van der Waals surface area contributed by atoms with E-state index in [1.165, 1.54) is 0 Å². The topological polar surface area (TPSA) is 63.1 Å². The molecule has 0 aliphatic carbocycles. The number of anilines is 1. The zero-order valence-electron chi connectivity index (χ0n) is 14.8. The van der Waals surface area contributed by atoms with Crippen LogP contribution in [0.15, 0.2) is 28.8 Å². The Morgan fingerprint density at radius 2 is 2.12 bits per heavy atom. The number of aromatic nitrogens is 3. The van der Waals surface area contributed by atoms with E-state index in [9.17, 15) is 0 Å². The molecule has 0 saturated carbocycles. The first-order chi connectivity index (χ1) is 12.1. The summed E-state index contributed by atoms with van der Waals surface area (Å²) >= 11 is 3.21. The van der Waals surface area contributed by atoms with Gasteiger partial charge in [0.05, 0.1) is 22.0 Å². The molecule has 3 rings (SSSR count). The van der Waals surface area contributed by atoms with E-state index in [1.807, 2.05) is 38.4 Å². The van der Waals surface area contributed by atoms with Crippen molar-refractivity contribution in [3.05, 3.63) is 45.7 Å². The molecule has 1 N–H and O–H groups in total. The Bertz CT molecular complexity index is 895. The van der Waals surface area contributed by atoms with Crippen molar-refractivity contribution in [2.24, 2.45) is 5.10 Å². The molecule has 5 nitrogen and oxygen atoms in total. The van der Waals surface area contributed by atoms with Gasteiger partial charge in [-0.15, -0.1) is 22.7 Å². The number of hydrogen-bond donors (Lipinski definition) is 1. The molecule has 0 saturated heterocycles. The van der Waals surface area contributed by atoms with E-state index in [2.05, 4.69) is 33.5 Å². The highest BCUT2D eigenvalue weighted by Gasteiger charge is 2.13. The molecule has 0 aliphatic rings. The Balaban J connectivity index is 1.83. The summed E-state index contributed by atoms with van der Waals surface area (Å²) in [5, 5.41) is 8.28. The van der Waals surface area contributed by atoms with Gasteiger partial charge in [0.2, 0.25) is 5.13 Å². The molecule has 7 heteroatoms. The lowest BCUT2D eigenvalue weighted by atomic mass is 10.2. The van der Waals surface area contributed by atoms with Crippen LogP contribution in [0.2, 0.25) is 0 Å². The molecule has 130 valence electrons. The first-order valence-electron chi connectivity index (χ1n) is 8.22. The summed E-state index contributed by atoms with van der Waals surface area (Å²) in [5.41, 5.74) is 8.17. The van der Waals surface area contributed by atoms with E-state index < -0.39 is 0 Å². The summed E-state index contributed by atoms with van der Waals surface area (Å²) in [5.74, 6) is 0. The lowest BCUT2D eigenvalue weighted by molar-refractivity contribution is 0.883. The van der Waals surface area contributed by atoms with Crippen LogP contribution in [-0.4, -0.2) is 20.7 Å². The standard InChI is InChI=1S/C18H21N5S2/c1-5-6-15-9-14(7-8-19-15)17-21-12(3)16(25-17)13(4)22-23-18-20-11(2)10-24-18/h7-10H,5-6H2,1-4H3,(H,20,23). The summed E-state index contributed by atoms with van der Waals surface area (Å²) in [4.78, 5) is 14.6. The minimum atomic E-state index is 0.803. The molecule has 0 unspecified atom stereocenters. The van der Waals surface area contributed by atoms with Gasteiger partial charge in [-0.1, -0.05) is 13.3 Å². The van der Waals surface area contributed by atoms with Crippen molar-refractivity contribution in [1.82, 2.24) is 15.0 Å². The minimum absolute atomic E-state index is 0.803. The van der Waals surface area contributed by atoms with Crippen LogP contribution < -0.4 is 5.43 Å². The van der Waals surface area contributed by atoms with Crippen molar-refractivity contribution in [1.29, 1.82) is 0 Å². The Hall–Kier alpha value is -2.12. The van der Waals surface area contributed by atoms with Gasteiger partial charge in [-0.3, -0.25) is 10.4 Å². The van der Waals surface area contributed by atoms with Crippen LogP contribution in [0.5, 0.6) is 0 Å². The van der Waals surface area contributed by atoms with Crippen molar-refractivity contribution in [2.45, 2.75) is 40.5 Å². The smallest absolute Gasteiger partial charge is 0.203 e. The van der Waals surface area contributed by atoms with Crippen molar-refractivity contribution < 1.29 is 0 Å². The van der Waals surface area contributed by atoms with E-state index >= 15 is 0 Å². The highest BCUT2D eigenvalue weighted by molar-refractivity contribution is 7.17. The number of hydrazone groups is 1. The molecule has 3 heterocycles. The van der Waals surface area contributed by atoms with Gasteiger partial charge in [0.25, 0.3) is 0 Å². The number of pyridine rings is 1. The van der Waals surface area contributed by atoms with Gasteiger partial charge in [0, 0.05) is 22.8 Å². The van der Waals surface area contributed by atoms with Gasteiger partial charge in [0.1, 0.15) is 5.01 Å². The lowest BCUT2D eigenvalue weighted by Crippen LogP contribution is -1.99. The fourth-order valence-electron chi connectivity index (χ4n) is 2.45. The largest absolute Gasteiger partial charge is 0.261 e. The summed E-state index contributed by atoms with van der Waals surface area (Å²) in [7, 11) is 0. The van der Waals surface area contributed by atoms with Crippen molar-refractivity contribution in [2.75, 3.05) is 5.43 Å². The maximum Gasteiger partial charge on any atom is 0.203 e. The number of thiazole rings is 2. The Kier molecular flexibility index (Phi) is 5.55. The molecule has 0 radical (unpaired) electrons. The minimum Gasteiger partial charge on any atom is -0.261 e. The lowest BCUT2D eigenvalue weighted by Gasteiger charge is -2.00. The summed E-state index contributed by atoms with van der Waals surface area (Å²) in [6, 6.07) is 4.15. The molecule has 0 fully saturated rings. The number of aryl methyl sites for hydroxylation is 3. The molecule has 0 aromatic carbocycles. The van der Waals surface area contributed by atoms with Crippen LogP contribution in [0.25, 0.3) is 10.6 Å². The molecular formula is C18H21N5S2. The van der Waals surface area contributed by atoms with Gasteiger partial charge in [-0.05, 0) is 39.3 Å². The highest BCUT2D eigenvalue weighted by Crippen LogP contribution is 2.29. The van der Waals surface area contributed by atoms with E-state index in [-0.39, 0.29) is 0 Å². The average molecular weight is 372 g/mol. The third-order valence-corrected chi connectivity index (χ3v) is 5.81. The van der Waals surface area contributed by atoms with Crippen molar-refractivity contribution >= 4 is 33.5 Å². The second-order valence-electron chi connectivity index (χ2n) is 5.82. The molecule has 0 amide bonds. The van der Waals surface area contributed by atoms with E-state index in [1.54, 1.807) is 22.7 Å². The van der Waals surface area contributed by atoms with Gasteiger partial charge < -0.3 is 0 Å². The van der Waals surface area contributed by atoms with Crippen molar-refractivity contribution in [3.8, 4) is 10.6 Å². The first-order valence-corrected chi connectivity index (χ1v) is 9.92. The average Bonchev–Trinajstić information content (AvgIpc) is 3.19. The predicted molar refractivity (Wildman–Crippen MR) is 107 cm³/mol. The van der Waals surface area contributed by atoms with Crippen LogP contribution in [0, 0.1) is 13.8 Å². The first kappa shape index (κ1) is 17.7. The SMILES string of the molecule is CCCc1cc(-c2nc(C)c(C(C)=NNc3nc(C)cs3)s2)ccn1.